The first kappa shape index (κ1) is 35.2. The van der Waals surface area contributed by atoms with E-state index in [9.17, 15) is 14.4 Å². The van der Waals surface area contributed by atoms with Crippen LogP contribution in [0.3, 0.4) is 0 Å². The smallest absolute Gasteiger partial charge is 0.251 e. The van der Waals surface area contributed by atoms with Gasteiger partial charge in [0.1, 0.15) is 6.04 Å². The zero-order valence-electron chi connectivity index (χ0n) is 26.4. The Morgan fingerprint density at radius 1 is 0.936 bits per heavy atom. The third-order valence-corrected chi connectivity index (χ3v) is 8.56. The number of amides is 3. The molecule has 5 rings (SSSR count). The van der Waals surface area contributed by atoms with Gasteiger partial charge < -0.3 is 27.4 Å². The number of nitrogens with zero attached hydrogens (tertiary/aromatic N) is 3. The molecule has 47 heavy (non-hydrogen) atoms. The fraction of sp³-hybridized carbons (Fsp3) is 0.353. The van der Waals surface area contributed by atoms with Crippen molar-refractivity contribution in [2.75, 3.05) is 25.0 Å². The van der Waals surface area contributed by atoms with Gasteiger partial charge in [-0.15, -0.1) is 22.6 Å². The van der Waals surface area contributed by atoms with Crippen LogP contribution in [-0.2, 0) is 16.0 Å². The number of carbonyl (C=O) groups is 3. The molecular weight excluding hydrogens is 618 g/mol. The number of H-pyrrole nitrogens is 1. The Bertz CT molecular complexity index is 1620. The van der Waals surface area contributed by atoms with Gasteiger partial charge in [0.25, 0.3) is 5.91 Å². The molecule has 8 N–H and O–H groups in total. The van der Waals surface area contributed by atoms with Crippen LogP contribution < -0.4 is 27.4 Å². The van der Waals surface area contributed by atoms with Crippen LogP contribution in [0, 0.1) is 18.8 Å². The summed E-state index contributed by atoms with van der Waals surface area (Å²) in [6, 6.07) is 19.9. The van der Waals surface area contributed by atoms with Gasteiger partial charge in [0.05, 0.1) is 0 Å². The average molecular weight is 660 g/mol. The minimum Gasteiger partial charge on any atom is -0.351 e. The second-order valence-corrected chi connectivity index (χ2v) is 11.8. The Hall–Kier alpha value is -4.65. The molecular formula is C34H42ClN9O3. The van der Waals surface area contributed by atoms with Gasteiger partial charge in [-0.1, -0.05) is 30.3 Å². The molecule has 0 unspecified atom stereocenters. The van der Waals surface area contributed by atoms with Crippen molar-refractivity contribution < 1.29 is 14.4 Å². The lowest BCUT2D eigenvalue weighted by atomic mass is 9.81. The highest BCUT2D eigenvalue weighted by atomic mass is 35.5. The van der Waals surface area contributed by atoms with E-state index in [0.29, 0.717) is 49.0 Å². The summed E-state index contributed by atoms with van der Waals surface area (Å²) in [5.41, 5.74) is 17.1. The van der Waals surface area contributed by atoms with Crippen molar-refractivity contribution in [2.24, 2.45) is 23.3 Å². The molecule has 1 aliphatic rings. The summed E-state index contributed by atoms with van der Waals surface area (Å²) in [6.07, 6.45) is 3.68. The largest absolute Gasteiger partial charge is 0.351 e. The van der Waals surface area contributed by atoms with Crippen molar-refractivity contribution >= 4 is 35.8 Å². The van der Waals surface area contributed by atoms with Crippen LogP contribution in [0.1, 0.15) is 47.2 Å². The van der Waals surface area contributed by atoms with E-state index in [0.717, 1.165) is 53.5 Å². The van der Waals surface area contributed by atoms with Crippen molar-refractivity contribution in [1.29, 1.82) is 0 Å². The summed E-state index contributed by atoms with van der Waals surface area (Å²) in [6.45, 7) is 3.40. The highest BCUT2D eigenvalue weighted by molar-refractivity contribution is 5.98. The molecule has 0 radical (unpaired) electrons. The number of carbonyl (C=O) groups excluding carboxylic acids is 3. The lowest BCUT2D eigenvalue weighted by Gasteiger charge is -2.28. The average Bonchev–Trinajstić information content (AvgIpc) is 3.63. The number of aryl methyl sites for hydroxylation is 1. The summed E-state index contributed by atoms with van der Waals surface area (Å²) in [5, 5.41) is 22.8. The number of aromatic nitrogens is 4. The fourth-order valence-corrected chi connectivity index (χ4v) is 5.85. The van der Waals surface area contributed by atoms with Crippen LogP contribution in [0.5, 0.6) is 0 Å². The van der Waals surface area contributed by atoms with E-state index < -0.39 is 6.04 Å². The first-order valence-corrected chi connectivity index (χ1v) is 15.7. The zero-order chi connectivity index (χ0) is 32.5. The Labute approximate surface area is 280 Å². The maximum Gasteiger partial charge on any atom is 0.251 e. The molecule has 4 aromatic rings. The number of nitrogens with one attached hydrogen (secondary N) is 4. The zero-order valence-corrected chi connectivity index (χ0v) is 27.2. The van der Waals surface area contributed by atoms with Crippen LogP contribution in [0.2, 0.25) is 0 Å². The second kappa shape index (κ2) is 16.8. The summed E-state index contributed by atoms with van der Waals surface area (Å²) in [5.74, 6) is 0.195. The Morgan fingerprint density at radius 2 is 1.64 bits per heavy atom. The van der Waals surface area contributed by atoms with E-state index >= 15 is 0 Å². The SMILES string of the molecule is Cc1cc(C(=O)NCCN)ccc1-c1ccc(C[C@H](NC(=O)[C@H]2CC[C@H](CN)CC2)C(=O)Nc2ccc(-c3nn[nH]n3)cc2)cc1.Cl. The predicted molar refractivity (Wildman–Crippen MR) is 184 cm³/mol. The molecule has 13 heteroatoms. The lowest BCUT2D eigenvalue weighted by Crippen LogP contribution is -2.48. The molecule has 1 saturated carbocycles. The molecule has 1 aromatic heterocycles. The van der Waals surface area contributed by atoms with Gasteiger partial charge in [-0.25, -0.2) is 0 Å². The molecule has 0 saturated heterocycles. The molecule has 1 fully saturated rings. The van der Waals surface area contributed by atoms with Crippen molar-refractivity contribution in [2.45, 2.75) is 45.1 Å². The molecule has 0 bridgehead atoms. The standard InChI is InChI=1S/C34H41N9O3.ClH/c1-21-18-27(32(44)37-17-16-35)12-15-29(21)24-6-2-22(3-7-24)19-30(39-33(45)26-8-4-23(20-36)5-9-26)34(46)38-28-13-10-25(11-14-28)31-40-42-43-41-31;/h2-3,6-7,10-15,18,23,26,30H,4-5,8-9,16-17,19-20,35-36H2,1H3,(H,37,44)(H,38,46)(H,39,45)(H,40,41,42,43);1H/t23-,26-,30-;/m0./s1. The third-order valence-electron chi connectivity index (χ3n) is 8.56. The minimum atomic E-state index is -0.782. The number of hydrogen-bond donors (Lipinski definition) is 6. The van der Waals surface area contributed by atoms with Gasteiger partial charge in [0, 0.05) is 42.2 Å². The Kier molecular flexibility index (Phi) is 12.6. The number of tetrazole rings is 1. The van der Waals surface area contributed by atoms with E-state index in [-0.39, 0.29) is 36.0 Å². The number of anilines is 1. The number of hydrogen-bond acceptors (Lipinski definition) is 8. The quantitative estimate of drug-likeness (QED) is 0.133. The van der Waals surface area contributed by atoms with Crippen molar-refractivity contribution in [3.63, 3.8) is 0 Å². The molecule has 3 aromatic carbocycles. The van der Waals surface area contributed by atoms with Gasteiger partial charge in [0.2, 0.25) is 17.6 Å². The molecule has 0 spiro atoms. The molecule has 1 aliphatic carbocycles. The van der Waals surface area contributed by atoms with Gasteiger partial charge in [-0.3, -0.25) is 14.4 Å². The first-order valence-electron chi connectivity index (χ1n) is 15.7. The topological polar surface area (TPSA) is 194 Å². The monoisotopic (exact) mass is 659 g/mol. The number of nitrogens with two attached hydrogens (primary N) is 2. The number of aromatic amines is 1. The van der Waals surface area contributed by atoms with Gasteiger partial charge in [0.15, 0.2) is 0 Å². The van der Waals surface area contributed by atoms with E-state index in [1.54, 1.807) is 30.3 Å². The maximum atomic E-state index is 13.6. The maximum absolute atomic E-state index is 13.6. The van der Waals surface area contributed by atoms with Crippen molar-refractivity contribution in [1.82, 2.24) is 31.3 Å². The molecule has 12 nitrogen and oxygen atoms in total. The van der Waals surface area contributed by atoms with Gasteiger partial charge >= 0.3 is 0 Å². The Morgan fingerprint density at radius 3 is 2.26 bits per heavy atom. The van der Waals surface area contributed by atoms with Crippen molar-refractivity contribution in [3.8, 4) is 22.5 Å². The van der Waals surface area contributed by atoms with Crippen LogP contribution in [0.4, 0.5) is 5.69 Å². The van der Waals surface area contributed by atoms with E-state index in [4.69, 9.17) is 11.5 Å². The Balaban J connectivity index is 0.00000500. The van der Waals surface area contributed by atoms with Crippen LogP contribution >= 0.6 is 12.4 Å². The third kappa shape index (κ3) is 9.22. The summed E-state index contributed by atoms with van der Waals surface area (Å²) in [4.78, 5) is 39.3. The summed E-state index contributed by atoms with van der Waals surface area (Å²) >= 11 is 0. The summed E-state index contributed by atoms with van der Waals surface area (Å²) in [7, 11) is 0. The highest BCUT2D eigenvalue weighted by Gasteiger charge is 2.29. The van der Waals surface area contributed by atoms with Crippen LogP contribution in [0.25, 0.3) is 22.5 Å². The lowest BCUT2D eigenvalue weighted by molar-refractivity contribution is -0.130. The van der Waals surface area contributed by atoms with Crippen LogP contribution in [-0.4, -0.2) is 64.0 Å². The molecule has 1 atom stereocenters. The van der Waals surface area contributed by atoms with E-state index in [1.807, 2.05) is 43.3 Å². The second-order valence-electron chi connectivity index (χ2n) is 11.8. The predicted octanol–water partition coefficient (Wildman–Crippen LogP) is 3.38. The normalized spacial score (nSPS) is 16.4. The van der Waals surface area contributed by atoms with Crippen LogP contribution in [0.15, 0.2) is 66.7 Å². The molecule has 248 valence electrons. The van der Waals surface area contributed by atoms with E-state index in [1.165, 1.54) is 0 Å². The number of rotatable bonds is 12. The fourth-order valence-electron chi connectivity index (χ4n) is 5.85. The van der Waals surface area contributed by atoms with E-state index in [2.05, 4.69) is 36.6 Å². The molecule has 3 amide bonds. The number of benzene rings is 3. The van der Waals surface area contributed by atoms with Gasteiger partial charge in [-0.05, 0) is 109 Å². The number of halogens is 1. The molecule has 0 aliphatic heterocycles. The van der Waals surface area contributed by atoms with Crippen molar-refractivity contribution in [3.05, 3.63) is 83.4 Å². The molecule has 1 heterocycles. The van der Waals surface area contributed by atoms with Gasteiger partial charge in [-0.2, -0.15) is 5.21 Å². The highest BCUT2D eigenvalue weighted by Crippen LogP contribution is 2.29. The summed E-state index contributed by atoms with van der Waals surface area (Å²) < 4.78 is 0. The minimum absolute atomic E-state index is 0. The first-order chi connectivity index (χ1) is 22.3.